The fourth-order valence-corrected chi connectivity index (χ4v) is 3.82. The number of carbonyl (C=O) groups excluding carboxylic acids is 2. The highest BCUT2D eigenvalue weighted by atomic mass is 79.9. The molecule has 0 saturated heterocycles. The van der Waals surface area contributed by atoms with Crippen molar-refractivity contribution in [2.45, 2.75) is 26.0 Å². The van der Waals surface area contributed by atoms with Crippen LogP contribution in [-0.4, -0.2) is 70.6 Å². The van der Waals surface area contributed by atoms with Crippen LogP contribution in [0.15, 0.2) is 41.0 Å². The largest absolute Gasteiger partial charge is 0.472 e. The first-order valence-corrected chi connectivity index (χ1v) is 10.8. The van der Waals surface area contributed by atoms with E-state index in [0.29, 0.717) is 11.0 Å². The Kier molecular flexibility index (Phi) is 7.27. The summed E-state index contributed by atoms with van der Waals surface area (Å²) in [4.78, 5) is 33.1. The molecule has 0 unspecified atom stereocenters. The van der Waals surface area contributed by atoms with Crippen molar-refractivity contribution >= 4 is 27.7 Å². The Morgan fingerprint density at radius 2 is 2.16 bits per heavy atom. The molecule has 2 aromatic rings. The molecule has 3 atom stereocenters. The van der Waals surface area contributed by atoms with E-state index in [-0.39, 0.29) is 42.0 Å². The summed E-state index contributed by atoms with van der Waals surface area (Å²) < 4.78 is 20.8. The minimum Gasteiger partial charge on any atom is -0.472 e. The number of aliphatic hydroxyl groups excluding tert-OH is 1. The van der Waals surface area contributed by atoms with Crippen molar-refractivity contribution in [2.75, 3.05) is 26.7 Å². The average molecular weight is 494 g/mol. The molecular formula is C22H25BrFN3O4. The fourth-order valence-electron chi connectivity index (χ4n) is 3.49. The molecule has 7 nitrogen and oxygen atoms in total. The van der Waals surface area contributed by atoms with Gasteiger partial charge >= 0.3 is 0 Å². The molecule has 1 aromatic heterocycles. The molecule has 0 bridgehead atoms. The van der Waals surface area contributed by atoms with Crippen molar-refractivity contribution in [3.05, 3.63) is 57.9 Å². The molecule has 9 heteroatoms. The third kappa shape index (κ3) is 5.04. The summed E-state index contributed by atoms with van der Waals surface area (Å²) in [6.45, 7) is 3.97. The SMILES string of the molecule is C[C@H]1CN([C@@H](C)CO)C(=O)c2cc(Br)cnc2O[C@@H]1CN(C)C(=O)c1ccccc1F. The number of nitrogens with zero attached hydrogens (tertiary/aromatic N) is 3. The second kappa shape index (κ2) is 9.74. The van der Waals surface area contributed by atoms with Gasteiger partial charge in [0.1, 0.15) is 17.5 Å². The minimum absolute atomic E-state index is 0.0170. The molecular weight excluding hydrogens is 469 g/mol. The van der Waals surface area contributed by atoms with Crippen LogP contribution in [0.2, 0.25) is 0 Å². The van der Waals surface area contributed by atoms with Gasteiger partial charge in [0.05, 0.1) is 24.8 Å². The van der Waals surface area contributed by atoms with Gasteiger partial charge in [-0.1, -0.05) is 19.1 Å². The standard InChI is InChI=1S/C22H25BrFN3O4/c1-13-10-27(14(2)12-28)22(30)17-8-15(23)9-25-20(17)31-19(13)11-26(3)21(29)16-6-4-5-7-18(16)24/h4-9,13-14,19,28H,10-12H2,1-3H3/t13-,14-,19+/m0/s1. The molecule has 2 amide bonds. The third-order valence-electron chi connectivity index (χ3n) is 5.39. The van der Waals surface area contributed by atoms with Gasteiger partial charge in [0.25, 0.3) is 11.8 Å². The number of ether oxygens (including phenoxy) is 1. The van der Waals surface area contributed by atoms with Crippen LogP contribution in [-0.2, 0) is 0 Å². The Morgan fingerprint density at radius 3 is 2.84 bits per heavy atom. The Hall–Kier alpha value is -2.52. The molecule has 0 spiro atoms. The van der Waals surface area contributed by atoms with Crippen LogP contribution < -0.4 is 4.74 Å². The lowest BCUT2D eigenvalue weighted by Gasteiger charge is -2.37. The van der Waals surface area contributed by atoms with Gasteiger partial charge in [-0.15, -0.1) is 0 Å². The predicted molar refractivity (Wildman–Crippen MR) is 116 cm³/mol. The van der Waals surface area contributed by atoms with E-state index < -0.39 is 23.9 Å². The number of likely N-dealkylation sites (N-methyl/N-ethyl adjacent to an activating group) is 1. The molecule has 0 aliphatic carbocycles. The van der Waals surface area contributed by atoms with Crippen molar-refractivity contribution in [1.29, 1.82) is 0 Å². The number of hydrogen-bond donors (Lipinski definition) is 1. The third-order valence-corrected chi connectivity index (χ3v) is 5.83. The number of halogens is 2. The van der Waals surface area contributed by atoms with Gasteiger partial charge in [0, 0.05) is 30.2 Å². The van der Waals surface area contributed by atoms with E-state index >= 15 is 0 Å². The molecule has 2 heterocycles. The van der Waals surface area contributed by atoms with E-state index in [1.54, 1.807) is 31.0 Å². The van der Waals surface area contributed by atoms with Crippen LogP contribution in [0.4, 0.5) is 4.39 Å². The van der Waals surface area contributed by atoms with Gasteiger partial charge in [-0.25, -0.2) is 9.37 Å². The number of aliphatic hydroxyl groups is 1. The van der Waals surface area contributed by atoms with Gasteiger partial charge in [0.2, 0.25) is 5.88 Å². The maximum atomic E-state index is 14.1. The molecule has 1 aliphatic heterocycles. The van der Waals surface area contributed by atoms with Crippen LogP contribution in [0.1, 0.15) is 34.6 Å². The summed E-state index contributed by atoms with van der Waals surface area (Å²) >= 11 is 3.33. The van der Waals surface area contributed by atoms with Crippen molar-refractivity contribution < 1.29 is 23.8 Å². The second-order valence-electron chi connectivity index (χ2n) is 7.79. The van der Waals surface area contributed by atoms with Crippen LogP contribution in [0.5, 0.6) is 5.88 Å². The summed E-state index contributed by atoms with van der Waals surface area (Å²) in [7, 11) is 1.58. The van der Waals surface area contributed by atoms with E-state index in [1.807, 2.05) is 6.92 Å². The first kappa shape index (κ1) is 23.1. The Bertz CT molecular complexity index is 974. The number of carbonyl (C=O) groups is 2. The summed E-state index contributed by atoms with van der Waals surface area (Å²) in [6, 6.07) is 7.04. The van der Waals surface area contributed by atoms with Crippen LogP contribution in [0.25, 0.3) is 0 Å². The second-order valence-corrected chi connectivity index (χ2v) is 8.71. The van der Waals surface area contributed by atoms with Crippen molar-refractivity contribution in [3.63, 3.8) is 0 Å². The summed E-state index contributed by atoms with van der Waals surface area (Å²) in [5, 5.41) is 9.65. The molecule has 31 heavy (non-hydrogen) atoms. The molecule has 1 aliphatic rings. The van der Waals surface area contributed by atoms with Crippen LogP contribution in [0.3, 0.4) is 0 Å². The zero-order valence-electron chi connectivity index (χ0n) is 17.6. The molecule has 1 aromatic carbocycles. The summed E-state index contributed by atoms with van der Waals surface area (Å²) in [5.74, 6) is -1.36. The maximum absolute atomic E-state index is 14.1. The lowest BCUT2D eigenvalue weighted by atomic mass is 10.00. The number of hydrogen-bond acceptors (Lipinski definition) is 5. The number of amides is 2. The molecule has 166 valence electrons. The van der Waals surface area contributed by atoms with Crippen molar-refractivity contribution in [2.24, 2.45) is 5.92 Å². The number of pyridine rings is 1. The number of rotatable bonds is 5. The van der Waals surface area contributed by atoms with Gasteiger partial charge in [-0.05, 0) is 41.1 Å². The van der Waals surface area contributed by atoms with E-state index in [9.17, 15) is 19.1 Å². The highest BCUT2D eigenvalue weighted by Gasteiger charge is 2.34. The highest BCUT2D eigenvalue weighted by Crippen LogP contribution is 2.28. The smallest absolute Gasteiger partial charge is 0.259 e. The lowest BCUT2D eigenvalue weighted by Crippen LogP contribution is -2.50. The maximum Gasteiger partial charge on any atom is 0.259 e. The Labute approximate surface area is 189 Å². The van der Waals surface area contributed by atoms with Crippen molar-refractivity contribution in [3.8, 4) is 5.88 Å². The lowest BCUT2D eigenvalue weighted by molar-refractivity contribution is 0.0312. The zero-order chi connectivity index (χ0) is 22.7. The van der Waals surface area contributed by atoms with E-state index in [2.05, 4.69) is 20.9 Å². The normalized spacial score (nSPS) is 19.7. The average Bonchev–Trinajstić information content (AvgIpc) is 2.76. The molecule has 0 saturated carbocycles. The number of fused-ring (bicyclic) bond motifs is 1. The van der Waals surface area contributed by atoms with Crippen molar-refractivity contribution in [1.82, 2.24) is 14.8 Å². The van der Waals surface area contributed by atoms with Crippen LogP contribution in [0, 0.1) is 11.7 Å². The first-order chi connectivity index (χ1) is 14.7. The zero-order valence-corrected chi connectivity index (χ0v) is 19.2. The molecule has 0 radical (unpaired) electrons. The van der Waals surface area contributed by atoms with Gasteiger partial charge in [0.15, 0.2) is 0 Å². The molecule has 1 N–H and O–H groups in total. The predicted octanol–water partition coefficient (Wildman–Crippen LogP) is 2.98. The summed E-state index contributed by atoms with van der Waals surface area (Å²) in [5.41, 5.74) is 0.256. The quantitative estimate of drug-likeness (QED) is 0.692. The van der Waals surface area contributed by atoms with Gasteiger partial charge in [-0.3, -0.25) is 9.59 Å². The highest BCUT2D eigenvalue weighted by molar-refractivity contribution is 9.10. The number of benzene rings is 1. The Morgan fingerprint density at radius 1 is 1.45 bits per heavy atom. The summed E-state index contributed by atoms with van der Waals surface area (Å²) in [6.07, 6.45) is 1.03. The van der Waals surface area contributed by atoms with E-state index in [1.165, 1.54) is 29.3 Å². The topological polar surface area (TPSA) is 83.0 Å². The monoisotopic (exact) mass is 493 g/mol. The van der Waals surface area contributed by atoms with E-state index in [0.717, 1.165) is 0 Å². The van der Waals surface area contributed by atoms with E-state index in [4.69, 9.17) is 4.74 Å². The molecule has 0 fully saturated rings. The van der Waals surface area contributed by atoms with Gasteiger partial charge < -0.3 is 19.6 Å². The van der Waals surface area contributed by atoms with Gasteiger partial charge in [-0.2, -0.15) is 0 Å². The number of aromatic nitrogens is 1. The minimum atomic E-state index is -0.587. The van der Waals surface area contributed by atoms with Crippen LogP contribution >= 0.6 is 15.9 Å². The first-order valence-electron chi connectivity index (χ1n) is 9.97. The molecule has 3 rings (SSSR count). The fraction of sp³-hybridized carbons (Fsp3) is 0.409. The Balaban J connectivity index is 1.91.